The predicted molar refractivity (Wildman–Crippen MR) is 78.5 cm³/mol. The highest BCUT2D eigenvalue weighted by Crippen LogP contribution is 2.23. The van der Waals surface area contributed by atoms with Crippen LogP contribution in [0.15, 0.2) is 0 Å². The van der Waals surface area contributed by atoms with Gasteiger partial charge in [0.1, 0.15) is 5.01 Å². The molecule has 0 unspecified atom stereocenters. The Morgan fingerprint density at radius 3 is 2.90 bits per heavy atom. The van der Waals surface area contributed by atoms with E-state index in [2.05, 4.69) is 22.4 Å². The molecule has 0 aliphatic carbocycles. The zero-order valence-electron chi connectivity index (χ0n) is 11.5. The number of hydrogen-bond donors (Lipinski definition) is 1. The van der Waals surface area contributed by atoms with Gasteiger partial charge in [0.25, 0.3) is 0 Å². The summed E-state index contributed by atoms with van der Waals surface area (Å²) in [5.41, 5.74) is 0. The second kappa shape index (κ2) is 6.62. The quantitative estimate of drug-likeness (QED) is 0.861. The first-order valence-corrected chi connectivity index (χ1v) is 9.45. The molecule has 0 spiro atoms. The highest BCUT2D eigenvalue weighted by Gasteiger charge is 2.29. The van der Waals surface area contributed by atoms with Crippen LogP contribution in [-0.4, -0.2) is 36.0 Å². The zero-order chi connectivity index (χ0) is 14.6. The molecular weight excluding hydrogens is 298 g/mol. The first-order valence-electron chi connectivity index (χ1n) is 6.81. The molecule has 2 heterocycles. The molecular formula is C12H19N3O3S2. The smallest absolute Gasteiger partial charge is 0.226 e. The molecule has 1 fully saturated rings. The lowest BCUT2D eigenvalue weighted by molar-refractivity contribution is -0.116. The minimum Gasteiger partial charge on any atom is -0.301 e. The van der Waals surface area contributed by atoms with Gasteiger partial charge in [0.2, 0.25) is 11.0 Å². The predicted octanol–water partition coefficient (Wildman–Crippen LogP) is 1.64. The third-order valence-electron chi connectivity index (χ3n) is 3.26. The minimum absolute atomic E-state index is 0.0625. The molecule has 1 aromatic heterocycles. The van der Waals surface area contributed by atoms with Gasteiger partial charge in [0.15, 0.2) is 9.84 Å². The molecule has 0 saturated carbocycles. The Hall–Kier alpha value is -1.02. The molecule has 1 aromatic rings. The summed E-state index contributed by atoms with van der Waals surface area (Å²) in [6.07, 6.45) is 3.85. The molecule has 1 aliphatic heterocycles. The van der Waals surface area contributed by atoms with Crippen LogP contribution >= 0.6 is 11.3 Å². The molecule has 8 heteroatoms. The van der Waals surface area contributed by atoms with Gasteiger partial charge in [-0.25, -0.2) is 8.42 Å². The van der Waals surface area contributed by atoms with Crippen LogP contribution in [0, 0.1) is 5.92 Å². The van der Waals surface area contributed by atoms with E-state index in [0.29, 0.717) is 11.6 Å². The molecule has 6 nitrogen and oxygen atoms in total. The fraction of sp³-hybridized carbons (Fsp3) is 0.750. The number of aromatic nitrogens is 2. The maximum Gasteiger partial charge on any atom is 0.226 e. The van der Waals surface area contributed by atoms with Gasteiger partial charge in [-0.3, -0.25) is 4.79 Å². The summed E-state index contributed by atoms with van der Waals surface area (Å²) in [6, 6.07) is 0. The first kappa shape index (κ1) is 15.4. The summed E-state index contributed by atoms with van der Waals surface area (Å²) in [6.45, 7) is 2.11. The third-order valence-corrected chi connectivity index (χ3v) is 5.99. The number of unbranched alkanes of at least 4 members (excludes halogenated alkanes) is 1. The molecule has 1 amide bonds. The van der Waals surface area contributed by atoms with Crippen molar-refractivity contribution >= 4 is 32.2 Å². The van der Waals surface area contributed by atoms with Crippen LogP contribution in [0.5, 0.6) is 0 Å². The number of hydrogen-bond acceptors (Lipinski definition) is 6. The molecule has 112 valence electrons. The average molecular weight is 317 g/mol. The first-order chi connectivity index (χ1) is 9.48. The van der Waals surface area contributed by atoms with Crippen LogP contribution in [-0.2, 0) is 21.1 Å². The Labute approximate surface area is 122 Å². The fourth-order valence-corrected chi connectivity index (χ4v) is 4.86. The van der Waals surface area contributed by atoms with Gasteiger partial charge in [-0.15, -0.1) is 10.2 Å². The second-order valence-electron chi connectivity index (χ2n) is 5.13. The summed E-state index contributed by atoms with van der Waals surface area (Å²) in [5.74, 6) is 0.0845. The monoisotopic (exact) mass is 317 g/mol. The van der Waals surface area contributed by atoms with Crippen molar-refractivity contribution in [2.24, 2.45) is 5.92 Å². The van der Waals surface area contributed by atoms with Crippen molar-refractivity contribution in [1.29, 1.82) is 0 Å². The van der Waals surface area contributed by atoms with Crippen LogP contribution in [0.3, 0.4) is 0 Å². The lowest BCUT2D eigenvalue weighted by atomic mass is 10.1. The second-order valence-corrected chi connectivity index (χ2v) is 8.42. The number of nitrogens with one attached hydrogen (secondary N) is 1. The lowest BCUT2D eigenvalue weighted by Crippen LogP contribution is -2.17. The summed E-state index contributed by atoms with van der Waals surface area (Å²) < 4.78 is 22.7. The minimum atomic E-state index is -2.93. The Morgan fingerprint density at radius 2 is 2.25 bits per heavy atom. The van der Waals surface area contributed by atoms with Gasteiger partial charge < -0.3 is 5.32 Å². The van der Waals surface area contributed by atoms with Crippen molar-refractivity contribution in [3.8, 4) is 0 Å². The molecule has 20 heavy (non-hydrogen) atoms. The Bertz CT molecular complexity index is 568. The van der Waals surface area contributed by atoms with E-state index in [-0.39, 0.29) is 29.8 Å². The molecule has 0 radical (unpaired) electrons. The van der Waals surface area contributed by atoms with Gasteiger partial charge in [-0.1, -0.05) is 24.7 Å². The summed E-state index contributed by atoms with van der Waals surface area (Å²) in [4.78, 5) is 11.8. The maximum absolute atomic E-state index is 11.8. The van der Waals surface area contributed by atoms with Crippen molar-refractivity contribution in [3.05, 3.63) is 5.01 Å². The highest BCUT2D eigenvalue weighted by atomic mass is 32.2. The van der Waals surface area contributed by atoms with E-state index in [1.54, 1.807) is 0 Å². The normalized spacial score (nSPS) is 20.9. The van der Waals surface area contributed by atoms with Gasteiger partial charge in [-0.05, 0) is 18.8 Å². The topological polar surface area (TPSA) is 89.0 Å². The van der Waals surface area contributed by atoms with Crippen molar-refractivity contribution in [2.75, 3.05) is 16.8 Å². The number of carbonyl (C=O) groups is 1. The van der Waals surface area contributed by atoms with Gasteiger partial charge >= 0.3 is 0 Å². The summed E-state index contributed by atoms with van der Waals surface area (Å²) in [7, 11) is -2.93. The highest BCUT2D eigenvalue weighted by molar-refractivity contribution is 7.91. The molecule has 1 aliphatic rings. The van der Waals surface area contributed by atoms with E-state index in [4.69, 9.17) is 0 Å². The van der Waals surface area contributed by atoms with E-state index in [0.717, 1.165) is 24.3 Å². The number of anilines is 1. The maximum atomic E-state index is 11.8. The molecule has 0 bridgehead atoms. The van der Waals surface area contributed by atoms with Crippen LogP contribution in [0.25, 0.3) is 0 Å². The fourth-order valence-electron chi connectivity index (χ4n) is 2.20. The lowest BCUT2D eigenvalue weighted by Gasteiger charge is -2.05. The van der Waals surface area contributed by atoms with E-state index >= 15 is 0 Å². The van der Waals surface area contributed by atoms with Crippen molar-refractivity contribution < 1.29 is 13.2 Å². The number of aryl methyl sites for hydroxylation is 1. The Morgan fingerprint density at radius 1 is 1.45 bits per heavy atom. The number of nitrogens with zero attached hydrogens (tertiary/aromatic N) is 2. The van der Waals surface area contributed by atoms with E-state index in [9.17, 15) is 13.2 Å². The molecule has 1 saturated heterocycles. The number of carbonyl (C=O) groups excluding carboxylic acids is 1. The number of sulfone groups is 1. The average Bonchev–Trinajstić information content (AvgIpc) is 2.93. The van der Waals surface area contributed by atoms with Crippen LogP contribution in [0.1, 0.15) is 37.6 Å². The molecule has 1 N–H and O–H groups in total. The van der Waals surface area contributed by atoms with Gasteiger partial charge in [0, 0.05) is 12.8 Å². The van der Waals surface area contributed by atoms with E-state index in [1.807, 2.05) is 0 Å². The Balaban J connectivity index is 1.81. The number of rotatable bonds is 6. The van der Waals surface area contributed by atoms with E-state index < -0.39 is 9.84 Å². The van der Waals surface area contributed by atoms with Crippen LogP contribution < -0.4 is 5.32 Å². The summed E-state index contributed by atoms with van der Waals surface area (Å²) >= 11 is 1.39. The van der Waals surface area contributed by atoms with Crippen LogP contribution in [0.4, 0.5) is 5.13 Å². The van der Waals surface area contributed by atoms with Crippen molar-refractivity contribution in [3.63, 3.8) is 0 Å². The van der Waals surface area contributed by atoms with Crippen LogP contribution in [0.2, 0.25) is 0 Å². The van der Waals surface area contributed by atoms with Gasteiger partial charge in [0.05, 0.1) is 11.5 Å². The molecule has 2 rings (SSSR count). The standard InChI is InChI=1S/C12H19N3O3S2/c1-2-3-4-11-14-15-12(19-11)13-10(16)7-9-5-6-20(17,18)8-9/h9H,2-8H2,1H3,(H,13,15,16)/t9-/m1/s1. The van der Waals surface area contributed by atoms with E-state index in [1.165, 1.54) is 11.3 Å². The number of amides is 1. The van der Waals surface area contributed by atoms with Crippen molar-refractivity contribution in [1.82, 2.24) is 10.2 Å². The summed E-state index contributed by atoms with van der Waals surface area (Å²) in [5, 5.41) is 12.1. The Kier molecular flexibility index (Phi) is 5.09. The van der Waals surface area contributed by atoms with Gasteiger partial charge in [-0.2, -0.15) is 0 Å². The SMILES string of the molecule is CCCCc1nnc(NC(=O)C[C@H]2CCS(=O)(=O)C2)s1. The third kappa shape index (κ3) is 4.52. The largest absolute Gasteiger partial charge is 0.301 e. The molecule has 0 aromatic carbocycles. The molecule has 1 atom stereocenters. The zero-order valence-corrected chi connectivity index (χ0v) is 13.1. The van der Waals surface area contributed by atoms with Crippen molar-refractivity contribution in [2.45, 2.75) is 39.0 Å².